The van der Waals surface area contributed by atoms with Gasteiger partial charge in [0.2, 0.25) is 0 Å². The van der Waals surface area contributed by atoms with Crippen LogP contribution in [0.1, 0.15) is 31.1 Å². The monoisotopic (exact) mass is 266 g/mol. The summed E-state index contributed by atoms with van der Waals surface area (Å²) >= 11 is 0. The zero-order chi connectivity index (χ0) is 12.6. The van der Waals surface area contributed by atoms with E-state index in [2.05, 4.69) is 11.5 Å². The summed E-state index contributed by atoms with van der Waals surface area (Å²) in [5, 5.41) is 0.984. The lowest BCUT2D eigenvalue weighted by atomic mass is 9.94. The van der Waals surface area contributed by atoms with Crippen LogP contribution in [0, 0.1) is 0 Å². The Morgan fingerprint density at radius 2 is 1.94 bits per heavy atom. The molecule has 0 aliphatic heterocycles. The maximum Gasteiger partial charge on any atom is 0.184 e. The molecule has 4 heteroatoms. The van der Waals surface area contributed by atoms with Crippen LogP contribution in [0.15, 0.2) is 30.5 Å². The van der Waals surface area contributed by atoms with Gasteiger partial charge in [0.1, 0.15) is 0 Å². The molecule has 2 N–H and O–H groups in total. The smallest absolute Gasteiger partial charge is 0.184 e. The molecule has 1 aromatic carbocycles. The number of Topliss-reactive ketones (excluding diaryl/α,β-unsaturated/α-hetero) is 1. The first kappa shape index (κ1) is 14.7. The SMILES string of the molecule is CCn1cc(C(=O)C(C)(C)N)c2ccccc21.Cl. The average Bonchev–Trinajstić information content (AvgIpc) is 2.65. The fourth-order valence-corrected chi connectivity index (χ4v) is 2.04. The Morgan fingerprint density at radius 1 is 1.33 bits per heavy atom. The molecule has 0 saturated heterocycles. The van der Waals surface area contributed by atoms with E-state index in [1.54, 1.807) is 13.8 Å². The summed E-state index contributed by atoms with van der Waals surface area (Å²) in [4.78, 5) is 12.3. The summed E-state index contributed by atoms with van der Waals surface area (Å²) in [5.74, 6) is -0.0131. The molecule has 0 unspecified atom stereocenters. The second kappa shape index (κ2) is 5.12. The maximum absolute atomic E-state index is 12.3. The first-order valence-corrected chi connectivity index (χ1v) is 5.86. The van der Waals surface area contributed by atoms with Gasteiger partial charge in [0.05, 0.1) is 5.54 Å². The third-order valence-corrected chi connectivity index (χ3v) is 2.96. The number of carbonyl (C=O) groups excluding carboxylic acids is 1. The van der Waals surface area contributed by atoms with Gasteiger partial charge in [0, 0.05) is 29.2 Å². The van der Waals surface area contributed by atoms with Gasteiger partial charge in [-0.15, -0.1) is 12.4 Å². The van der Waals surface area contributed by atoms with Crippen LogP contribution >= 0.6 is 12.4 Å². The molecule has 0 amide bonds. The van der Waals surface area contributed by atoms with Gasteiger partial charge in [-0.25, -0.2) is 0 Å². The first-order chi connectivity index (χ1) is 7.95. The number of hydrogen-bond donors (Lipinski definition) is 1. The Kier molecular flexibility index (Phi) is 4.20. The van der Waals surface area contributed by atoms with E-state index in [4.69, 9.17) is 5.73 Å². The molecule has 0 saturated carbocycles. The minimum Gasteiger partial charge on any atom is -0.347 e. The van der Waals surface area contributed by atoms with Crippen LogP contribution in [0.2, 0.25) is 0 Å². The Labute approximate surface area is 113 Å². The normalized spacial score (nSPS) is 11.3. The second-order valence-electron chi connectivity index (χ2n) is 4.90. The van der Waals surface area contributed by atoms with Crippen molar-refractivity contribution in [3.05, 3.63) is 36.0 Å². The lowest BCUT2D eigenvalue weighted by Gasteiger charge is -2.15. The van der Waals surface area contributed by atoms with Gasteiger partial charge in [-0.1, -0.05) is 18.2 Å². The van der Waals surface area contributed by atoms with Crippen molar-refractivity contribution in [1.82, 2.24) is 4.57 Å². The minimum atomic E-state index is -0.831. The van der Waals surface area contributed by atoms with Crippen LogP contribution in [0.4, 0.5) is 0 Å². The summed E-state index contributed by atoms with van der Waals surface area (Å²) in [5.41, 5.74) is 6.87. The van der Waals surface area contributed by atoms with Crippen molar-refractivity contribution < 1.29 is 4.79 Å². The van der Waals surface area contributed by atoms with Crippen LogP contribution in [0.25, 0.3) is 10.9 Å². The molecule has 18 heavy (non-hydrogen) atoms. The van der Waals surface area contributed by atoms with Gasteiger partial charge >= 0.3 is 0 Å². The summed E-state index contributed by atoms with van der Waals surface area (Å²) in [6.45, 7) is 6.40. The molecule has 0 fully saturated rings. The number of fused-ring (bicyclic) bond motifs is 1. The highest BCUT2D eigenvalue weighted by Crippen LogP contribution is 2.24. The Balaban J connectivity index is 0.00000162. The van der Waals surface area contributed by atoms with Gasteiger partial charge in [-0.3, -0.25) is 4.79 Å². The third-order valence-electron chi connectivity index (χ3n) is 2.96. The molecule has 0 radical (unpaired) electrons. The highest BCUT2D eigenvalue weighted by Gasteiger charge is 2.26. The number of benzene rings is 1. The highest BCUT2D eigenvalue weighted by molar-refractivity contribution is 6.12. The molecule has 0 atom stereocenters. The largest absolute Gasteiger partial charge is 0.347 e. The molecule has 2 aromatic rings. The van der Waals surface area contributed by atoms with Gasteiger partial charge in [-0.05, 0) is 26.8 Å². The van der Waals surface area contributed by atoms with E-state index >= 15 is 0 Å². The minimum absolute atomic E-state index is 0. The van der Waals surface area contributed by atoms with Crippen molar-refractivity contribution >= 4 is 29.1 Å². The number of nitrogens with two attached hydrogens (primary N) is 1. The molecule has 0 aliphatic rings. The van der Waals surface area contributed by atoms with Crippen LogP contribution in [-0.2, 0) is 6.54 Å². The van der Waals surface area contributed by atoms with Crippen LogP contribution in [0.5, 0.6) is 0 Å². The molecule has 98 valence electrons. The average molecular weight is 267 g/mol. The summed E-state index contributed by atoms with van der Waals surface area (Å²) in [6, 6.07) is 7.93. The number of aryl methyl sites for hydroxylation is 1. The van der Waals surface area contributed by atoms with E-state index in [1.807, 2.05) is 30.5 Å². The number of rotatable bonds is 3. The number of halogens is 1. The number of carbonyl (C=O) groups is 1. The fourth-order valence-electron chi connectivity index (χ4n) is 2.04. The number of ketones is 1. The van der Waals surface area contributed by atoms with Crippen molar-refractivity contribution in [3.63, 3.8) is 0 Å². The molecular weight excluding hydrogens is 248 g/mol. The van der Waals surface area contributed by atoms with E-state index in [9.17, 15) is 4.79 Å². The van der Waals surface area contributed by atoms with E-state index in [0.717, 1.165) is 23.0 Å². The topological polar surface area (TPSA) is 48.0 Å². The number of para-hydroxylation sites is 1. The van der Waals surface area contributed by atoms with Crippen molar-refractivity contribution in [2.24, 2.45) is 5.73 Å². The highest BCUT2D eigenvalue weighted by atomic mass is 35.5. The fraction of sp³-hybridized carbons (Fsp3) is 0.357. The number of nitrogens with zero attached hydrogens (tertiary/aromatic N) is 1. The number of hydrogen-bond acceptors (Lipinski definition) is 2. The second-order valence-corrected chi connectivity index (χ2v) is 4.90. The van der Waals surface area contributed by atoms with Gasteiger partial charge < -0.3 is 10.3 Å². The van der Waals surface area contributed by atoms with Gasteiger partial charge in [0.15, 0.2) is 5.78 Å². The Bertz CT molecular complexity index is 567. The summed E-state index contributed by atoms with van der Waals surface area (Å²) in [7, 11) is 0. The molecule has 0 spiro atoms. The molecular formula is C14H19ClN2O. The Hall–Kier alpha value is -1.32. The maximum atomic E-state index is 12.3. The van der Waals surface area contributed by atoms with Crippen LogP contribution in [-0.4, -0.2) is 15.9 Å². The lowest BCUT2D eigenvalue weighted by Crippen LogP contribution is -2.41. The van der Waals surface area contributed by atoms with Crippen molar-refractivity contribution in [2.75, 3.05) is 0 Å². The van der Waals surface area contributed by atoms with Crippen molar-refractivity contribution in [1.29, 1.82) is 0 Å². The Morgan fingerprint density at radius 3 is 2.50 bits per heavy atom. The van der Waals surface area contributed by atoms with E-state index < -0.39 is 5.54 Å². The predicted molar refractivity (Wildman–Crippen MR) is 77.5 cm³/mol. The van der Waals surface area contributed by atoms with Gasteiger partial charge in [-0.2, -0.15) is 0 Å². The molecule has 0 bridgehead atoms. The first-order valence-electron chi connectivity index (χ1n) is 5.86. The molecule has 1 aromatic heterocycles. The standard InChI is InChI=1S/C14H18N2O.ClH/c1-4-16-9-11(13(17)14(2,3)15)10-7-5-6-8-12(10)16;/h5-9H,4,15H2,1-3H3;1H. The molecule has 1 heterocycles. The van der Waals surface area contributed by atoms with E-state index in [0.29, 0.717) is 0 Å². The lowest BCUT2D eigenvalue weighted by molar-refractivity contribution is 0.0915. The van der Waals surface area contributed by atoms with Crippen molar-refractivity contribution in [3.8, 4) is 0 Å². The van der Waals surface area contributed by atoms with Crippen LogP contribution < -0.4 is 5.73 Å². The third kappa shape index (κ3) is 2.42. The molecule has 0 aliphatic carbocycles. The van der Waals surface area contributed by atoms with Gasteiger partial charge in [0.25, 0.3) is 0 Å². The predicted octanol–water partition coefficient (Wildman–Crippen LogP) is 3.00. The quantitative estimate of drug-likeness (QED) is 0.868. The number of aromatic nitrogens is 1. The van der Waals surface area contributed by atoms with E-state index in [-0.39, 0.29) is 18.2 Å². The zero-order valence-corrected chi connectivity index (χ0v) is 11.8. The molecule has 2 rings (SSSR count). The summed E-state index contributed by atoms with van der Waals surface area (Å²) < 4.78 is 2.08. The zero-order valence-electron chi connectivity index (χ0n) is 10.9. The summed E-state index contributed by atoms with van der Waals surface area (Å²) in [6.07, 6.45) is 1.90. The van der Waals surface area contributed by atoms with Crippen LogP contribution in [0.3, 0.4) is 0 Å². The van der Waals surface area contributed by atoms with E-state index in [1.165, 1.54) is 0 Å². The molecule has 3 nitrogen and oxygen atoms in total. The van der Waals surface area contributed by atoms with Crippen molar-refractivity contribution in [2.45, 2.75) is 32.9 Å².